The van der Waals surface area contributed by atoms with Gasteiger partial charge in [-0.1, -0.05) is 0 Å². The van der Waals surface area contributed by atoms with E-state index >= 15 is 0 Å². The zero-order valence-electron chi connectivity index (χ0n) is 5.97. The van der Waals surface area contributed by atoms with Crippen molar-refractivity contribution in [2.24, 2.45) is 0 Å². The maximum atomic E-state index is 9.08. The monoisotopic (exact) mass is 392 g/mol. The Kier molecular flexibility index (Phi) is 10.1. The second-order valence-corrected chi connectivity index (χ2v) is 4.22. The van der Waals surface area contributed by atoms with E-state index < -0.39 is 20.2 Å². The molecular formula is C2H6HgO6S2. The van der Waals surface area contributed by atoms with Crippen LogP contribution in [0.5, 0.6) is 0 Å². The Balaban J connectivity index is -0.000000107. The Labute approximate surface area is 86.0 Å². The van der Waals surface area contributed by atoms with Crippen molar-refractivity contribution >= 4 is 20.2 Å². The van der Waals surface area contributed by atoms with Crippen molar-refractivity contribution in [2.75, 3.05) is 12.5 Å². The van der Waals surface area contributed by atoms with Gasteiger partial charge in [-0.05, 0) is 0 Å². The summed E-state index contributed by atoms with van der Waals surface area (Å²) in [7, 11) is -7.83. The van der Waals surface area contributed by atoms with Crippen molar-refractivity contribution in [2.45, 2.75) is 0 Å². The molecule has 0 saturated heterocycles. The molecule has 0 rings (SSSR count). The minimum absolute atomic E-state index is 0. The maximum absolute atomic E-state index is 9.08. The summed E-state index contributed by atoms with van der Waals surface area (Å²) in [5.41, 5.74) is 0. The average Bonchev–Trinajstić information content (AvgIpc) is 1.12. The molecule has 0 saturated carbocycles. The maximum Gasteiger partial charge on any atom is 2.00 e. The summed E-state index contributed by atoms with van der Waals surface area (Å²) < 4.78 is 54.5. The molecule has 0 aromatic carbocycles. The average molecular weight is 391 g/mol. The third-order valence-corrected chi connectivity index (χ3v) is 0. The number of hydrogen-bond donors (Lipinski definition) is 0. The van der Waals surface area contributed by atoms with Gasteiger partial charge in [0.15, 0.2) is 0 Å². The van der Waals surface area contributed by atoms with Gasteiger partial charge in [-0.3, -0.25) is 0 Å². The fraction of sp³-hybridized carbons (Fsp3) is 1.00. The summed E-state index contributed by atoms with van der Waals surface area (Å²) in [6, 6.07) is 0. The van der Waals surface area contributed by atoms with Crippen LogP contribution in [0.15, 0.2) is 0 Å². The Hall–Kier alpha value is 0.755. The Morgan fingerprint density at radius 2 is 0.818 bits per heavy atom. The predicted molar refractivity (Wildman–Crippen MR) is 31.2 cm³/mol. The van der Waals surface area contributed by atoms with Crippen LogP contribution in [0.2, 0.25) is 0 Å². The van der Waals surface area contributed by atoms with Crippen molar-refractivity contribution in [1.29, 1.82) is 0 Å². The summed E-state index contributed by atoms with van der Waals surface area (Å²) in [6.07, 6.45) is 1.21. The zero-order chi connectivity index (χ0) is 9.00. The topological polar surface area (TPSA) is 114 Å². The molecule has 9 heteroatoms. The molecule has 0 amide bonds. The van der Waals surface area contributed by atoms with E-state index in [0.29, 0.717) is 12.5 Å². The van der Waals surface area contributed by atoms with Crippen molar-refractivity contribution in [3.05, 3.63) is 0 Å². The van der Waals surface area contributed by atoms with Gasteiger partial charge >= 0.3 is 27.7 Å². The number of hydrogen-bond acceptors (Lipinski definition) is 6. The van der Waals surface area contributed by atoms with E-state index in [4.69, 9.17) is 25.9 Å². The van der Waals surface area contributed by atoms with Gasteiger partial charge in [-0.15, -0.1) is 0 Å². The van der Waals surface area contributed by atoms with Crippen molar-refractivity contribution < 1.29 is 53.6 Å². The van der Waals surface area contributed by atoms with E-state index in [2.05, 4.69) is 0 Å². The minimum atomic E-state index is -3.92. The molecule has 0 fully saturated rings. The Morgan fingerprint density at radius 1 is 0.818 bits per heavy atom. The van der Waals surface area contributed by atoms with Gasteiger partial charge in [0.05, 0.1) is 20.2 Å². The summed E-state index contributed by atoms with van der Waals surface area (Å²) in [4.78, 5) is 0. The van der Waals surface area contributed by atoms with Crippen molar-refractivity contribution in [1.82, 2.24) is 0 Å². The summed E-state index contributed by atoms with van der Waals surface area (Å²) in [6.45, 7) is 0. The Bertz CT molecular complexity index is 215. The molecule has 0 spiro atoms. The standard InChI is InChI=1S/2CH4O3S.Hg/c2*1-5(2,3)4;/h2*1H3,(H,2,3,4);/q;;+2/p-2. The molecule has 6 nitrogen and oxygen atoms in total. The van der Waals surface area contributed by atoms with Crippen LogP contribution in [0.3, 0.4) is 0 Å². The van der Waals surface area contributed by atoms with Gasteiger partial charge < -0.3 is 9.11 Å². The van der Waals surface area contributed by atoms with Gasteiger partial charge in [-0.25, -0.2) is 16.8 Å². The van der Waals surface area contributed by atoms with Crippen LogP contribution in [0.1, 0.15) is 0 Å². The summed E-state index contributed by atoms with van der Waals surface area (Å²) in [5.74, 6) is 0. The van der Waals surface area contributed by atoms with Crippen LogP contribution in [0, 0.1) is 0 Å². The van der Waals surface area contributed by atoms with Crippen molar-refractivity contribution in [3.63, 3.8) is 0 Å². The summed E-state index contributed by atoms with van der Waals surface area (Å²) >= 11 is 0. The van der Waals surface area contributed by atoms with Gasteiger partial charge in [0.25, 0.3) is 0 Å². The van der Waals surface area contributed by atoms with Gasteiger partial charge in [0, 0.05) is 12.5 Å². The van der Waals surface area contributed by atoms with Gasteiger partial charge in [0.1, 0.15) is 0 Å². The first kappa shape index (κ1) is 17.7. The van der Waals surface area contributed by atoms with E-state index in [9.17, 15) is 0 Å². The van der Waals surface area contributed by atoms with E-state index in [0.717, 1.165) is 0 Å². The molecule has 0 heterocycles. The molecule has 64 valence electrons. The molecule has 0 bridgehead atoms. The predicted octanol–water partition coefficient (Wildman–Crippen LogP) is -1.68. The molecule has 11 heavy (non-hydrogen) atoms. The second-order valence-electron chi connectivity index (χ2n) is 1.41. The zero-order valence-corrected chi connectivity index (χ0v) is 13.1. The molecule has 0 atom stereocenters. The first-order valence-corrected chi connectivity index (χ1v) is 5.45. The molecule has 0 unspecified atom stereocenters. The van der Waals surface area contributed by atoms with E-state index in [1.165, 1.54) is 0 Å². The van der Waals surface area contributed by atoms with Crippen LogP contribution >= 0.6 is 0 Å². The molecule has 0 aliphatic heterocycles. The quantitative estimate of drug-likeness (QED) is 0.360. The molecule has 0 aliphatic rings. The molecule has 0 aromatic rings. The van der Waals surface area contributed by atoms with E-state index in [1.807, 2.05) is 0 Å². The fourth-order valence-corrected chi connectivity index (χ4v) is 0. The van der Waals surface area contributed by atoms with Crippen LogP contribution in [0.4, 0.5) is 0 Å². The van der Waals surface area contributed by atoms with Crippen LogP contribution in [0.25, 0.3) is 0 Å². The van der Waals surface area contributed by atoms with E-state index in [-0.39, 0.29) is 27.7 Å². The second kappa shape index (κ2) is 6.29. The normalized spacial score (nSPS) is 10.5. The Morgan fingerprint density at radius 3 is 0.818 bits per heavy atom. The van der Waals surface area contributed by atoms with Crippen LogP contribution < -0.4 is 0 Å². The third kappa shape index (κ3) is 1450. The molecular weight excluding hydrogens is 385 g/mol. The summed E-state index contributed by atoms with van der Waals surface area (Å²) in [5, 5.41) is 0. The first-order valence-electron chi connectivity index (χ1n) is 1.82. The first-order chi connectivity index (χ1) is 4.00. The van der Waals surface area contributed by atoms with Crippen LogP contribution in [-0.2, 0) is 47.9 Å². The van der Waals surface area contributed by atoms with Crippen molar-refractivity contribution in [3.8, 4) is 0 Å². The largest absolute Gasteiger partial charge is 2.00 e. The minimum Gasteiger partial charge on any atom is -0.748 e. The molecule has 0 radical (unpaired) electrons. The van der Waals surface area contributed by atoms with Gasteiger partial charge in [-0.2, -0.15) is 0 Å². The number of rotatable bonds is 0. The van der Waals surface area contributed by atoms with Crippen LogP contribution in [-0.4, -0.2) is 38.5 Å². The molecule has 0 N–H and O–H groups in total. The fourth-order valence-electron chi connectivity index (χ4n) is 0. The van der Waals surface area contributed by atoms with Gasteiger partial charge in [0.2, 0.25) is 0 Å². The smallest absolute Gasteiger partial charge is 0.748 e. The third-order valence-electron chi connectivity index (χ3n) is 0. The van der Waals surface area contributed by atoms with E-state index in [1.54, 1.807) is 0 Å². The molecule has 0 aliphatic carbocycles. The molecule has 0 aromatic heterocycles. The SMILES string of the molecule is CS(=O)(=O)[O-].CS(=O)(=O)[O-].[Hg+2].